The standard InChI is InChI=1S/C11H10F3N3O.ClH/c1-6-4-10(17-15)8-5-7(18-11(12,13)14)2-3-9(8)16-6;/h2-5H,15H2,1H3,(H,16,17);1H. The first kappa shape index (κ1) is 15.3. The second-order valence-electron chi connectivity index (χ2n) is 3.68. The van der Waals surface area contributed by atoms with Crippen LogP contribution in [0.15, 0.2) is 24.3 Å². The number of nitrogen functional groups attached to an aromatic ring is 1. The minimum absolute atomic E-state index is 0. The predicted molar refractivity (Wildman–Crippen MR) is 68.2 cm³/mol. The molecule has 0 saturated carbocycles. The first-order chi connectivity index (χ1) is 8.39. The third-order valence-corrected chi connectivity index (χ3v) is 2.30. The number of hydrogen-bond donors (Lipinski definition) is 2. The molecule has 0 spiro atoms. The van der Waals surface area contributed by atoms with Crippen LogP contribution in [0, 0.1) is 6.92 Å². The summed E-state index contributed by atoms with van der Waals surface area (Å²) < 4.78 is 40.2. The van der Waals surface area contributed by atoms with E-state index in [0.29, 0.717) is 22.3 Å². The monoisotopic (exact) mass is 293 g/mol. The zero-order valence-electron chi connectivity index (χ0n) is 9.78. The van der Waals surface area contributed by atoms with Crippen LogP contribution >= 0.6 is 12.4 Å². The number of benzene rings is 1. The van der Waals surface area contributed by atoms with Gasteiger partial charge in [-0.1, -0.05) is 0 Å². The summed E-state index contributed by atoms with van der Waals surface area (Å²) in [6.45, 7) is 1.76. The Hall–Kier alpha value is -1.73. The van der Waals surface area contributed by atoms with E-state index in [1.54, 1.807) is 13.0 Å². The molecular formula is C11H11ClF3N3O. The Kier molecular flexibility index (Phi) is 4.43. The lowest BCUT2D eigenvalue weighted by molar-refractivity contribution is -0.274. The maximum absolute atomic E-state index is 12.1. The smallest absolute Gasteiger partial charge is 0.406 e. The van der Waals surface area contributed by atoms with E-state index >= 15 is 0 Å². The number of ether oxygens (including phenoxy) is 1. The molecule has 2 aromatic rings. The van der Waals surface area contributed by atoms with Gasteiger partial charge in [-0.3, -0.25) is 10.8 Å². The maximum atomic E-state index is 12.1. The topological polar surface area (TPSA) is 60.2 Å². The van der Waals surface area contributed by atoms with Crippen molar-refractivity contribution in [2.24, 2.45) is 5.84 Å². The summed E-state index contributed by atoms with van der Waals surface area (Å²) in [5.41, 5.74) is 4.16. The highest BCUT2D eigenvalue weighted by Crippen LogP contribution is 2.29. The number of anilines is 1. The Labute approximate surface area is 113 Å². The van der Waals surface area contributed by atoms with Crippen LogP contribution in [0.4, 0.5) is 18.9 Å². The van der Waals surface area contributed by atoms with Gasteiger partial charge in [0, 0.05) is 11.1 Å². The normalized spacial score (nSPS) is 11.0. The van der Waals surface area contributed by atoms with Crippen molar-refractivity contribution in [1.29, 1.82) is 0 Å². The number of aryl methyl sites for hydroxylation is 1. The summed E-state index contributed by atoms with van der Waals surface area (Å²) in [6, 6.07) is 5.54. The molecule has 8 heteroatoms. The number of hydrazine groups is 1. The number of nitrogens with two attached hydrogens (primary N) is 1. The molecule has 0 aliphatic heterocycles. The van der Waals surface area contributed by atoms with Gasteiger partial charge in [0.1, 0.15) is 5.75 Å². The number of aromatic nitrogens is 1. The number of pyridine rings is 1. The van der Waals surface area contributed by atoms with Crippen LogP contribution in [0.1, 0.15) is 5.69 Å². The molecule has 0 radical (unpaired) electrons. The summed E-state index contributed by atoms with van der Waals surface area (Å²) in [5.74, 6) is 5.01. The molecule has 0 saturated heterocycles. The number of alkyl halides is 3. The first-order valence-corrected chi connectivity index (χ1v) is 5.03. The zero-order valence-corrected chi connectivity index (χ0v) is 10.6. The van der Waals surface area contributed by atoms with Crippen molar-refractivity contribution in [2.45, 2.75) is 13.3 Å². The second kappa shape index (κ2) is 5.50. The molecule has 0 unspecified atom stereocenters. The molecular weight excluding hydrogens is 283 g/mol. The highest BCUT2D eigenvalue weighted by Gasteiger charge is 2.31. The number of halogens is 4. The average Bonchev–Trinajstić information content (AvgIpc) is 2.26. The van der Waals surface area contributed by atoms with Gasteiger partial charge in [-0.05, 0) is 31.2 Å². The number of fused-ring (bicyclic) bond motifs is 1. The maximum Gasteiger partial charge on any atom is 0.573 e. The van der Waals surface area contributed by atoms with Gasteiger partial charge < -0.3 is 10.2 Å². The van der Waals surface area contributed by atoms with Crippen molar-refractivity contribution >= 4 is 29.0 Å². The van der Waals surface area contributed by atoms with Gasteiger partial charge in [0.05, 0.1) is 11.2 Å². The van der Waals surface area contributed by atoms with Crippen molar-refractivity contribution in [3.8, 4) is 5.75 Å². The molecule has 4 nitrogen and oxygen atoms in total. The molecule has 1 aromatic carbocycles. The third kappa shape index (κ3) is 3.62. The van der Waals surface area contributed by atoms with Gasteiger partial charge in [0.2, 0.25) is 0 Å². The molecule has 3 N–H and O–H groups in total. The highest BCUT2D eigenvalue weighted by atomic mass is 35.5. The molecule has 0 amide bonds. The van der Waals surface area contributed by atoms with Crippen LogP contribution in [-0.4, -0.2) is 11.3 Å². The zero-order chi connectivity index (χ0) is 13.3. The summed E-state index contributed by atoms with van der Waals surface area (Å²) in [7, 11) is 0. The largest absolute Gasteiger partial charge is 0.573 e. The van der Waals surface area contributed by atoms with E-state index in [4.69, 9.17) is 5.84 Å². The second-order valence-corrected chi connectivity index (χ2v) is 3.68. The Morgan fingerprint density at radius 1 is 1.26 bits per heavy atom. The van der Waals surface area contributed by atoms with E-state index in [1.807, 2.05) is 0 Å². The summed E-state index contributed by atoms with van der Waals surface area (Å²) >= 11 is 0. The van der Waals surface area contributed by atoms with E-state index in [9.17, 15) is 13.2 Å². The summed E-state index contributed by atoms with van der Waals surface area (Å²) in [6.07, 6.45) is -4.72. The predicted octanol–water partition coefficient (Wildman–Crippen LogP) is 3.15. The Bertz CT molecular complexity index is 589. The Balaban J connectivity index is 0.00000180. The van der Waals surface area contributed by atoms with Crippen molar-refractivity contribution in [2.75, 3.05) is 5.43 Å². The van der Waals surface area contributed by atoms with Crippen LogP contribution in [-0.2, 0) is 0 Å². The summed E-state index contributed by atoms with van der Waals surface area (Å²) in [5, 5.41) is 0.463. The quantitative estimate of drug-likeness (QED) is 0.659. The van der Waals surface area contributed by atoms with Crippen molar-refractivity contribution in [1.82, 2.24) is 4.98 Å². The molecule has 2 rings (SSSR count). The molecule has 19 heavy (non-hydrogen) atoms. The van der Waals surface area contributed by atoms with Gasteiger partial charge in [-0.25, -0.2) is 0 Å². The molecule has 0 fully saturated rings. The molecule has 0 aliphatic carbocycles. The van der Waals surface area contributed by atoms with E-state index in [-0.39, 0.29) is 18.2 Å². The SMILES string of the molecule is Cc1cc(NN)c2cc(OC(F)(F)F)ccc2n1.Cl. The van der Waals surface area contributed by atoms with Gasteiger partial charge in [0.15, 0.2) is 0 Å². The first-order valence-electron chi connectivity index (χ1n) is 5.03. The van der Waals surface area contributed by atoms with E-state index < -0.39 is 6.36 Å². The van der Waals surface area contributed by atoms with E-state index in [0.717, 1.165) is 0 Å². The fraction of sp³-hybridized carbons (Fsp3) is 0.182. The molecule has 1 heterocycles. The lowest BCUT2D eigenvalue weighted by atomic mass is 10.1. The fourth-order valence-corrected chi connectivity index (χ4v) is 1.65. The van der Waals surface area contributed by atoms with E-state index in [1.165, 1.54) is 18.2 Å². The Morgan fingerprint density at radius 3 is 2.53 bits per heavy atom. The molecule has 104 valence electrons. The van der Waals surface area contributed by atoms with Crippen LogP contribution in [0.5, 0.6) is 5.75 Å². The highest BCUT2D eigenvalue weighted by molar-refractivity contribution is 5.92. The van der Waals surface area contributed by atoms with Crippen molar-refractivity contribution < 1.29 is 17.9 Å². The van der Waals surface area contributed by atoms with Gasteiger partial charge >= 0.3 is 6.36 Å². The lowest BCUT2D eigenvalue weighted by Gasteiger charge is -2.11. The molecule has 0 bridgehead atoms. The van der Waals surface area contributed by atoms with Gasteiger partial charge in [0.25, 0.3) is 0 Å². The number of nitrogens with zero attached hydrogens (tertiary/aromatic N) is 1. The fourth-order valence-electron chi connectivity index (χ4n) is 1.65. The number of nitrogens with one attached hydrogen (secondary N) is 1. The van der Waals surface area contributed by atoms with Gasteiger partial charge in [-0.15, -0.1) is 25.6 Å². The summed E-state index contributed by atoms with van der Waals surface area (Å²) in [4.78, 5) is 4.19. The van der Waals surface area contributed by atoms with E-state index in [2.05, 4.69) is 15.1 Å². The van der Waals surface area contributed by atoms with Crippen LogP contribution in [0.25, 0.3) is 10.9 Å². The molecule has 0 aliphatic rings. The Morgan fingerprint density at radius 2 is 1.95 bits per heavy atom. The minimum atomic E-state index is -4.72. The van der Waals surface area contributed by atoms with Crippen molar-refractivity contribution in [3.63, 3.8) is 0 Å². The van der Waals surface area contributed by atoms with Crippen LogP contribution in [0.3, 0.4) is 0 Å². The number of hydrogen-bond acceptors (Lipinski definition) is 4. The van der Waals surface area contributed by atoms with Crippen LogP contribution < -0.4 is 16.0 Å². The van der Waals surface area contributed by atoms with Gasteiger partial charge in [-0.2, -0.15) is 0 Å². The lowest BCUT2D eigenvalue weighted by Crippen LogP contribution is -2.17. The molecule has 0 atom stereocenters. The van der Waals surface area contributed by atoms with Crippen molar-refractivity contribution in [3.05, 3.63) is 30.0 Å². The number of rotatable bonds is 2. The molecule has 1 aromatic heterocycles. The minimum Gasteiger partial charge on any atom is -0.406 e. The third-order valence-electron chi connectivity index (χ3n) is 2.30. The van der Waals surface area contributed by atoms with Crippen LogP contribution in [0.2, 0.25) is 0 Å². The average molecular weight is 294 g/mol.